The number of carbonyl (C=O) groups is 2. The van der Waals surface area contributed by atoms with E-state index < -0.39 is 0 Å². The largest absolute Gasteiger partial charge is 0.346 e. The third-order valence-corrected chi connectivity index (χ3v) is 5.48. The minimum absolute atomic E-state index is 0.111. The van der Waals surface area contributed by atoms with E-state index in [2.05, 4.69) is 15.6 Å². The van der Waals surface area contributed by atoms with Crippen molar-refractivity contribution >= 4 is 17.5 Å². The van der Waals surface area contributed by atoms with E-state index in [9.17, 15) is 14.0 Å². The maximum absolute atomic E-state index is 13.3. The number of nitrogens with zero attached hydrogens (tertiary/aromatic N) is 2. The fraction of sp³-hybridized carbons (Fsp3) is 0.296. The number of benzene rings is 2. The molecule has 6 nitrogen and oxygen atoms in total. The highest BCUT2D eigenvalue weighted by atomic mass is 19.1. The van der Waals surface area contributed by atoms with Gasteiger partial charge in [0.25, 0.3) is 0 Å². The van der Waals surface area contributed by atoms with Crippen molar-refractivity contribution in [3.8, 4) is 0 Å². The topological polar surface area (TPSA) is 74.3 Å². The lowest BCUT2D eigenvalue weighted by Crippen LogP contribution is -2.41. The number of rotatable bonds is 10. The summed E-state index contributed by atoms with van der Waals surface area (Å²) in [4.78, 5) is 31.4. The Bertz CT molecular complexity index is 1090. The Morgan fingerprint density at radius 2 is 1.68 bits per heavy atom. The molecule has 0 saturated heterocycles. The van der Waals surface area contributed by atoms with Gasteiger partial charge in [0.2, 0.25) is 11.8 Å². The number of hydrogen-bond acceptors (Lipinski definition) is 4. The van der Waals surface area contributed by atoms with Crippen molar-refractivity contribution < 1.29 is 14.0 Å². The smallest absolute Gasteiger partial charge is 0.243 e. The summed E-state index contributed by atoms with van der Waals surface area (Å²) >= 11 is 0. The van der Waals surface area contributed by atoms with Gasteiger partial charge in [0.05, 0.1) is 13.1 Å². The molecule has 0 aliphatic rings. The third kappa shape index (κ3) is 7.78. The number of aromatic nitrogens is 1. The number of pyridine rings is 1. The van der Waals surface area contributed by atoms with Crippen LogP contribution in [0.2, 0.25) is 0 Å². The molecule has 0 spiro atoms. The van der Waals surface area contributed by atoms with Crippen molar-refractivity contribution in [2.24, 2.45) is 0 Å². The summed E-state index contributed by atoms with van der Waals surface area (Å²) < 4.78 is 13.3. The highest BCUT2D eigenvalue weighted by Gasteiger charge is 2.14. The molecule has 0 fully saturated rings. The van der Waals surface area contributed by atoms with Gasteiger partial charge in [-0.25, -0.2) is 4.39 Å². The van der Waals surface area contributed by atoms with Gasteiger partial charge in [-0.2, -0.15) is 0 Å². The van der Waals surface area contributed by atoms with Crippen LogP contribution in [0.3, 0.4) is 0 Å². The van der Waals surface area contributed by atoms with Crippen molar-refractivity contribution in [2.75, 3.05) is 25.0 Å². The molecule has 0 saturated carbocycles. The van der Waals surface area contributed by atoms with Crippen LogP contribution in [0.4, 0.5) is 10.1 Å². The Balaban J connectivity index is 1.56. The summed E-state index contributed by atoms with van der Waals surface area (Å²) in [6, 6.07) is 16.0. The van der Waals surface area contributed by atoms with Gasteiger partial charge in [-0.1, -0.05) is 35.9 Å². The van der Waals surface area contributed by atoms with Crippen LogP contribution >= 0.6 is 0 Å². The van der Waals surface area contributed by atoms with Gasteiger partial charge in [-0.3, -0.25) is 19.5 Å². The maximum atomic E-state index is 13.3. The van der Waals surface area contributed by atoms with Gasteiger partial charge in [0.1, 0.15) is 5.82 Å². The Labute approximate surface area is 200 Å². The molecule has 0 aliphatic heterocycles. The average Bonchev–Trinajstić information content (AvgIpc) is 2.80. The first-order chi connectivity index (χ1) is 16.3. The monoisotopic (exact) mass is 462 g/mol. The Morgan fingerprint density at radius 3 is 2.32 bits per heavy atom. The minimum atomic E-state index is -0.299. The Hall–Kier alpha value is -3.58. The molecule has 3 rings (SSSR count). The molecular weight excluding hydrogens is 431 g/mol. The molecule has 2 aromatic carbocycles. The van der Waals surface area contributed by atoms with Gasteiger partial charge in [-0.05, 0) is 61.7 Å². The predicted octanol–water partition coefficient (Wildman–Crippen LogP) is 3.95. The van der Waals surface area contributed by atoms with Crippen molar-refractivity contribution in [1.82, 2.24) is 15.2 Å². The van der Waals surface area contributed by atoms with E-state index in [1.165, 1.54) is 12.1 Å². The van der Waals surface area contributed by atoms with E-state index >= 15 is 0 Å². The molecule has 0 bridgehead atoms. The fourth-order valence-corrected chi connectivity index (χ4v) is 3.88. The summed E-state index contributed by atoms with van der Waals surface area (Å²) in [6.45, 7) is 6.98. The van der Waals surface area contributed by atoms with Crippen LogP contribution in [0.5, 0.6) is 0 Å². The average molecular weight is 463 g/mol. The zero-order chi connectivity index (χ0) is 24.5. The van der Waals surface area contributed by atoms with E-state index in [0.717, 1.165) is 33.6 Å². The summed E-state index contributed by atoms with van der Waals surface area (Å²) in [5, 5.41) is 5.60. The predicted molar refractivity (Wildman–Crippen MR) is 132 cm³/mol. The molecule has 0 radical (unpaired) electrons. The Kier molecular flexibility index (Phi) is 8.87. The van der Waals surface area contributed by atoms with Gasteiger partial charge < -0.3 is 10.6 Å². The highest BCUT2D eigenvalue weighted by Crippen LogP contribution is 2.21. The van der Waals surface area contributed by atoms with Gasteiger partial charge in [0, 0.05) is 37.1 Å². The SMILES string of the molecule is Cc1cc(C)c(NC(=O)CNC(=O)CN(CCc2ccccn2)Cc2ccc(F)cc2)c(C)c1. The maximum Gasteiger partial charge on any atom is 0.243 e. The first kappa shape index (κ1) is 25.1. The van der Waals surface area contributed by atoms with E-state index in [1.807, 2.05) is 56.0 Å². The van der Waals surface area contributed by atoms with Gasteiger partial charge >= 0.3 is 0 Å². The zero-order valence-corrected chi connectivity index (χ0v) is 19.9. The first-order valence-electron chi connectivity index (χ1n) is 11.3. The number of nitrogens with one attached hydrogen (secondary N) is 2. The lowest BCUT2D eigenvalue weighted by Gasteiger charge is -2.22. The number of anilines is 1. The molecule has 7 heteroatoms. The van der Waals surface area contributed by atoms with Crippen molar-refractivity contribution in [3.05, 3.63) is 94.6 Å². The van der Waals surface area contributed by atoms with Crippen LogP contribution in [-0.2, 0) is 22.6 Å². The third-order valence-electron chi connectivity index (χ3n) is 5.48. The van der Waals surface area contributed by atoms with Crippen LogP contribution < -0.4 is 10.6 Å². The Morgan fingerprint density at radius 1 is 0.971 bits per heavy atom. The molecule has 1 aromatic heterocycles. The van der Waals surface area contributed by atoms with Crippen LogP contribution in [0.1, 0.15) is 27.9 Å². The van der Waals surface area contributed by atoms with Crippen molar-refractivity contribution in [1.29, 1.82) is 0 Å². The molecule has 178 valence electrons. The molecule has 34 heavy (non-hydrogen) atoms. The highest BCUT2D eigenvalue weighted by molar-refractivity contribution is 5.96. The first-order valence-corrected chi connectivity index (χ1v) is 11.3. The molecule has 2 N–H and O–H groups in total. The van der Waals surface area contributed by atoms with Gasteiger partial charge in [-0.15, -0.1) is 0 Å². The quantitative estimate of drug-likeness (QED) is 0.479. The van der Waals surface area contributed by atoms with E-state index in [1.54, 1.807) is 18.3 Å². The van der Waals surface area contributed by atoms with Crippen molar-refractivity contribution in [2.45, 2.75) is 33.7 Å². The normalized spacial score (nSPS) is 10.9. The number of aryl methyl sites for hydroxylation is 3. The van der Waals surface area contributed by atoms with Crippen LogP contribution in [-0.4, -0.2) is 41.3 Å². The lowest BCUT2D eigenvalue weighted by atomic mass is 10.1. The van der Waals surface area contributed by atoms with Crippen LogP contribution in [0, 0.1) is 26.6 Å². The fourth-order valence-electron chi connectivity index (χ4n) is 3.88. The standard InChI is InChI=1S/C27H31FN4O2/c1-19-14-20(2)27(21(3)15-19)31-25(33)16-30-26(34)18-32(13-11-24-6-4-5-12-29-24)17-22-7-9-23(28)10-8-22/h4-10,12,14-15H,11,13,16-18H2,1-3H3,(H,30,34)(H,31,33). The molecule has 0 aliphatic carbocycles. The summed E-state index contributed by atoms with van der Waals surface area (Å²) in [7, 11) is 0. The molecule has 3 aromatic rings. The van der Waals surface area contributed by atoms with E-state index in [0.29, 0.717) is 19.5 Å². The zero-order valence-electron chi connectivity index (χ0n) is 19.9. The molecular formula is C27H31FN4O2. The second kappa shape index (κ2) is 12.0. The van der Waals surface area contributed by atoms with Crippen LogP contribution in [0.15, 0.2) is 60.8 Å². The van der Waals surface area contributed by atoms with Gasteiger partial charge in [0.15, 0.2) is 0 Å². The molecule has 0 atom stereocenters. The van der Waals surface area contributed by atoms with E-state index in [4.69, 9.17) is 0 Å². The second-order valence-electron chi connectivity index (χ2n) is 8.51. The molecule has 1 heterocycles. The second-order valence-corrected chi connectivity index (χ2v) is 8.51. The van der Waals surface area contributed by atoms with Crippen LogP contribution in [0.25, 0.3) is 0 Å². The number of halogens is 1. The lowest BCUT2D eigenvalue weighted by molar-refractivity contribution is -0.125. The summed E-state index contributed by atoms with van der Waals surface area (Å²) in [6.07, 6.45) is 2.41. The van der Waals surface area contributed by atoms with E-state index in [-0.39, 0.29) is 30.7 Å². The summed E-state index contributed by atoms with van der Waals surface area (Å²) in [5.74, 6) is -0.829. The summed E-state index contributed by atoms with van der Waals surface area (Å²) in [5.41, 5.74) is 5.70. The molecule has 0 unspecified atom stereocenters. The number of amides is 2. The minimum Gasteiger partial charge on any atom is -0.346 e. The van der Waals surface area contributed by atoms with Crippen molar-refractivity contribution in [3.63, 3.8) is 0 Å². The number of hydrogen-bond donors (Lipinski definition) is 2. The molecule has 2 amide bonds. The number of carbonyl (C=O) groups excluding carboxylic acids is 2.